The molecular formula is C14H15ClN4O2. The van der Waals surface area contributed by atoms with Gasteiger partial charge in [-0.15, -0.1) is 0 Å². The van der Waals surface area contributed by atoms with E-state index in [0.717, 1.165) is 0 Å². The number of nitrogens with zero attached hydrogens (tertiary/aromatic N) is 3. The molecule has 21 heavy (non-hydrogen) atoms. The van der Waals surface area contributed by atoms with Gasteiger partial charge >= 0.3 is 5.97 Å². The lowest BCUT2D eigenvalue weighted by Crippen LogP contribution is -2.12. The molecule has 0 saturated carbocycles. The number of hydrogen-bond donors (Lipinski definition) is 1. The van der Waals surface area contributed by atoms with E-state index in [4.69, 9.17) is 16.3 Å². The van der Waals surface area contributed by atoms with E-state index in [9.17, 15) is 4.79 Å². The lowest BCUT2D eigenvalue weighted by molar-refractivity contribution is -0.142. The molecule has 0 aliphatic carbocycles. The molecule has 7 heteroatoms. The molecule has 2 aromatic rings. The summed E-state index contributed by atoms with van der Waals surface area (Å²) in [5.41, 5.74) is 0.633. The van der Waals surface area contributed by atoms with Crippen LogP contribution in [0.3, 0.4) is 0 Å². The van der Waals surface area contributed by atoms with Gasteiger partial charge in [-0.05, 0) is 19.1 Å². The maximum absolute atomic E-state index is 11.3. The average molecular weight is 307 g/mol. The number of anilines is 1. The normalized spacial score (nSPS) is 10.2. The van der Waals surface area contributed by atoms with Crippen LogP contribution in [0.15, 0.2) is 30.5 Å². The van der Waals surface area contributed by atoms with Gasteiger partial charge in [0.2, 0.25) is 0 Å². The molecule has 0 aliphatic rings. The Hall–Kier alpha value is -2.21. The van der Waals surface area contributed by atoms with Crippen molar-refractivity contribution in [3.8, 4) is 11.5 Å². The summed E-state index contributed by atoms with van der Waals surface area (Å²) < 4.78 is 4.85. The van der Waals surface area contributed by atoms with Gasteiger partial charge in [0.1, 0.15) is 16.7 Å². The smallest absolute Gasteiger partial charge is 0.307 e. The molecule has 0 radical (unpaired) electrons. The zero-order chi connectivity index (χ0) is 15.1. The van der Waals surface area contributed by atoms with E-state index in [1.165, 1.54) is 0 Å². The highest BCUT2D eigenvalue weighted by molar-refractivity contribution is 6.29. The van der Waals surface area contributed by atoms with E-state index >= 15 is 0 Å². The van der Waals surface area contributed by atoms with Crippen LogP contribution < -0.4 is 5.32 Å². The molecule has 0 saturated heterocycles. The number of halogens is 1. The van der Waals surface area contributed by atoms with E-state index < -0.39 is 0 Å². The van der Waals surface area contributed by atoms with Crippen LogP contribution in [0.25, 0.3) is 11.5 Å². The first kappa shape index (κ1) is 15.2. The molecule has 2 aromatic heterocycles. The summed E-state index contributed by atoms with van der Waals surface area (Å²) in [4.78, 5) is 23.9. The molecular weight excluding hydrogens is 292 g/mol. The fourth-order valence-electron chi connectivity index (χ4n) is 1.64. The van der Waals surface area contributed by atoms with Crippen molar-refractivity contribution in [2.45, 2.75) is 13.3 Å². The van der Waals surface area contributed by atoms with Crippen molar-refractivity contribution in [3.63, 3.8) is 0 Å². The van der Waals surface area contributed by atoms with Crippen LogP contribution in [0.4, 0.5) is 5.82 Å². The number of nitrogens with one attached hydrogen (secondary N) is 1. The van der Waals surface area contributed by atoms with Gasteiger partial charge in [-0.25, -0.2) is 9.97 Å². The number of hydrogen-bond acceptors (Lipinski definition) is 6. The van der Waals surface area contributed by atoms with Gasteiger partial charge < -0.3 is 10.1 Å². The van der Waals surface area contributed by atoms with E-state index in [0.29, 0.717) is 35.6 Å². The number of pyridine rings is 1. The third kappa shape index (κ3) is 4.68. The average Bonchev–Trinajstić information content (AvgIpc) is 2.48. The van der Waals surface area contributed by atoms with Crippen molar-refractivity contribution < 1.29 is 9.53 Å². The van der Waals surface area contributed by atoms with Crippen LogP contribution in [0.1, 0.15) is 13.3 Å². The molecule has 0 atom stereocenters. The zero-order valence-corrected chi connectivity index (χ0v) is 12.3. The van der Waals surface area contributed by atoms with Gasteiger partial charge in [0.15, 0.2) is 5.82 Å². The number of ether oxygens (including phenoxy) is 1. The predicted molar refractivity (Wildman–Crippen MR) is 80.0 cm³/mol. The topological polar surface area (TPSA) is 77.0 Å². The number of carbonyl (C=O) groups is 1. The van der Waals surface area contributed by atoms with E-state index in [2.05, 4.69) is 20.3 Å². The molecule has 0 aromatic carbocycles. The Kier molecular flexibility index (Phi) is 5.45. The fourth-order valence-corrected chi connectivity index (χ4v) is 1.83. The SMILES string of the molecule is CCOC(=O)CCNc1cc(Cl)nc(-c2ccccn2)n1. The van der Waals surface area contributed by atoms with Crippen molar-refractivity contribution in [1.29, 1.82) is 0 Å². The molecule has 0 unspecified atom stereocenters. The van der Waals surface area contributed by atoms with Crippen molar-refractivity contribution in [2.75, 3.05) is 18.5 Å². The minimum atomic E-state index is -0.255. The van der Waals surface area contributed by atoms with Crippen molar-refractivity contribution in [1.82, 2.24) is 15.0 Å². The Labute approximate surface area is 127 Å². The van der Waals surface area contributed by atoms with Crippen molar-refractivity contribution in [2.24, 2.45) is 0 Å². The molecule has 1 N–H and O–H groups in total. The molecule has 0 bridgehead atoms. The minimum Gasteiger partial charge on any atom is -0.466 e. The molecule has 6 nitrogen and oxygen atoms in total. The van der Waals surface area contributed by atoms with Crippen LogP contribution in [-0.4, -0.2) is 34.1 Å². The summed E-state index contributed by atoms with van der Waals surface area (Å²) in [7, 11) is 0. The molecule has 0 amide bonds. The predicted octanol–water partition coefficient (Wildman–Crippen LogP) is 2.56. The lowest BCUT2D eigenvalue weighted by Gasteiger charge is -2.07. The Bertz CT molecular complexity index is 607. The number of rotatable bonds is 6. The van der Waals surface area contributed by atoms with Crippen LogP contribution in [0.5, 0.6) is 0 Å². The minimum absolute atomic E-state index is 0.255. The molecule has 0 fully saturated rings. The first-order chi connectivity index (χ1) is 10.2. The van der Waals surface area contributed by atoms with Crippen molar-refractivity contribution in [3.05, 3.63) is 35.6 Å². The summed E-state index contributed by atoms with van der Waals surface area (Å²) >= 11 is 5.98. The largest absolute Gasteiger partial charge is 0.466 e. The summed E-state index contributed by atoms with van der Waals surface area (Å²) in [5.74, 6) is 0.719. The second-order valence-corrected chi connectivity index (χ2v) is 4.48. The Balaban J connectivity index is 2.04. The van der Waals surface area contributed by atoms with E-state index in [-0.39, 0.29) is 12.4 Å². The third-order valence-corrected chi connectivity index (χ3v) is 2.72. The maximum atomic E-state index is 11.3. The highest BCUT2D eigenvalue weighted by atomic mass is 35.5. The molecule has 0 aliphatic heterocycles. The summed E-state index contributed by atoms with van der Waals surface area (Å²) in [6.45, 7) is 2.56. The van der Waals surface area contributed by atoms with Gasteiger partial charge in [0.05, 0.1) is 13.0 Å². The maximum Gasteiger partial charge on any atom is 0.307 e. The first-order valence-corrected chi connectivity index (χ1v) is 6.92. The third-order valence-electron chi connectivity index (χ3n) is 2.53. The van der Waals surface area contributed by atoms with Gasteiger partial charge in [0.25, 0.3) is 0 Å². The van der Waals surface area contributed by atoms with Gasteiger partial charge in [0, 0.05) is 18.8 Å². The molecule has 2 rings (SSSR count). The second kappa shape index (κ2) is 7.54. The van der Waals surface area contributed by atoms with Gasteiger partial charge in [-0.2, -0.15) is 0 Å². The summed E-state index contributed by atoms with van der Waals surface area (Å²) in [5, 5.41) is 3.33. The Morgan fingerprint density at radius 2 is 2.24 bits per heavy atom. The number of carbonyl (C=O) groups excluding carboxylic acids is 1. The van der Waals surface area contributed by atoms with Crippen LogP contribution in [0, 0.1) is 0 Å². The van der Waals surface area contributed by atoms with Crippen LogP contribution in [0.2, 0.25) is 5.15 Å². The first-order valence-electron chi connectivity index (χ1n) is 6.54. The van der Waals surface area contributed by atoms with Crippen molar-refractivity contribution >= 4 is 23.4 Å². The van der Waals surface area contributed by atoms with Gasteiger partial charge in [-0.3, -0.25) is 9.78 Å². The second-order valence-electron chi connectivity index (χ2n) is 4.10. The molecule has 0 spiro atoms. The monoisotopic (exact) mass is 306 g/mol. The van der Waals surface area contributed by atoms with E-state index in [1.54, 1.807) is 25.3 Å². The molecule has 2 heterocycles. The number of aromatic nitrogens is 3. The molecule has 110 valence electrons. The highest BCUT2D eigenvalue weighted by Gasteiger charge is 2.07. The Morgan fingerprint density at radius 1 is 1.38 bits per heavy atom. The standard InChI is InChI=1S/C14H15ClN4O2/c1-2-21-13(20)6-8-17-12-9-11(15)18-14(19-12)10-5-3-4-7-16-10/h3-5,7,9H,2,6,8H2,1H3,(H,17,18,19). The lowest BCUT2D eigenvalue weighted by atomic mass is 10.3. The summed E-state index contributed by atoms with van der Waals surface area (Å²) in [6.07, 6.45) is 1.92. The van der Waals surface area contributed by atoms with Crippen LogP contribution in [-0.2, 0) is 9.53 Å². The van der Waals surface area contributed by atoms with E-state index in [1.807, 2.05) is 12.1 Å². The zero-order valence-electron chi connectivity index (χ0n) is 11.5. The summed E-state index contributed by atoms with van der Waals surface area (Å²) in [6, 6.07) is 7.06. The quantitative estimate of drug-likeness (QED) is 0.653. The number of esters is 1. The van der Waals surface area contributed by atoms with Crippen LogP contribution >= 0.6 is 11.6 Å². The highest BCUT2D eigenvalue weighted by Crippen LogP contribution is 2.18. The van der Waals surface area contributed by atoms with Gasteiger partial charge in [-0.1, -0.05) is 17.7 Å². The fraction of sp³-hybridized carbons (Fsp3) is 0.286. The Morgan fingerprint density at radius 3 is 2.95 bits per heavy atom.